The summed E-state index contributed by atoms with van der Waals surface area (Å²) in [6, 6.07) is 8.75. The molecule has 1 aromatic heterocycles. The van der Waals surface area contributed by atoms with Gasteiger partial charge < -0.3 is 5.32 Å². The Labute approximate surface area is 119 Å². The fourth-order valence-corrected chi connectivity index (χ4v) is 3.96. The minimum absolute atomic E-state index is 0.356. The van der Waals surface area contributed by atoms with E-state index in [2.05, 4.69) is 43.4 Å². The van der Waals surface area contributed by atoms with Crippen molar-refractivity contribution in [3.63, 3.8) is 0 Å². The number of fused-ring (bicyclic) bond motifs is 1. The highest BCUT2D eigenvalue weighted by Crippen LogP contribution is 2.37. The van der Waals surface area contributed by atoms with Crippen molar-refractivity contribution in [2.45, 2.75) is 45.6 Å². The van der Waals surface area contributed by atoms with Crippen LogP contribution in [-0.2, 0) is 0 Å². The number of aromatic nitrogens is 1. The smallest absolute Gasteiger partial charge is 0.111 e. The molecule has 1 atom stereocenters. The van der Waals surface area contributed by atoms with Crippen molar-refractivity contribution >= 4 is 21.6 Å². The van der Waals surface area contributed by atoms with Crippen LogP contribution in [0.4, 0.5) is 0 Å². The van der Waals surface area contributed by atoms with Crippen molar-refractivity contribution in [1.29, 1.82) is 0 Å². The Morgan fingerprint density at radius 1 is 1.32 bits per heavy atom. The molecular formula is C16H22N2S. The second-order valence-electron chi connectivity index (χ2n) is 6.14. The van der Waals surface area contributed by atoms with Crippen LogP contribution in [0.5, 0.6) is 0 Å². The summed E-state index contributed by atoms with van der Waals surface area (Å²) in [7, 11) is 0. The number of nitrogens with zero attached hydrogens (tertiary/aromatic N) is 1. The topological polar surface area (TPSA) is 24.9 Å². The summed E-state index contributed by atoms with van der Waals surface area (Å²) in [6.45, 7) is 5.76. The molecule has 1 unspecified atom stereocenters. The Hall–Kier alpha value is -0.930. The lowest BCUT2D eigenvalue weighted by Gasteiger charge is -2.25. The van der Waals surface area contributed by atoms with Crippen LogP contribution in [0, 0.1) is 5.41 Å². The number of benzene rings is 1. The van der Waals surface area contributed by atoms with Crippen molar-refractivity contribution in [2.24, 2.45) is 5.41 Å². The molecule has 1 heterocycles. The summed E-state index contributed by atoms with van der Waals surface area (Å²) < 4.78 is 1.29. The predicted octanol–water partition coefficient (Wildman–Crippen LogP) is 4.53. The molecule has 0 bridgehead atoms. The summed E-state index contributed by atoms with van der Waals surface area (Å²) in [6.07, 6.45) is 5.53. The molecule has 0 spiro atoms. The third-order valence-corrected chi connectivity index (χ3v) is 5.55. The summed E-state index contributed by atoms with van der Waals surface area (Å²) in [4.78, 5) is 4.74. The van der Waals surface area contributed by atoms with E-state index >= 15 is 0 Å². The molecule has 0 amide bonds. The van der Waals surface area contributed by atoms with Crippen LogP contribution in [0.15, 0.2) is 24.3 Å². The Morgan fingerprint density at radius 3 is 2.79 bits per heavy atom. The van der Waals surface area contributed by atoms with Crippen LogP contribution in [-0.4, -0.2) is 11.5 Å². The molecule has 2 nitrogen and oxygen atoms in total. The second-order valence-corrected chi connectivity index (χ2v) is 7.20. The quantitative estimate of drug-likeness (QED) is 0.886. The van der Waals surface area contributed by atoms with Crippen LogP contribution in [0.3, 0.4) is 0 Å². The molecule has 1 N–H and O–H groups in total. The third-order valence-electron chi connectivity index (χ3n) is 4.33. The average Bonchev–Trinajstić information content (AvgIpc) is 3.02. The zero-order valence-electron chi connectivity index (χ0n) is 11.8. The highest BCUT2D eigenvalue weighted by atomic mass is 32.1. The van der Waals surface area contributed by atoms with Crippen LogP contribution >= 0.6 is 11.3 Å². The van der Waals surface area contributed by atoms with Gasteiger partial charge in [-0.1, -0.05) is 31.9 Å². The zero-order chi connectivity index (χ0) is 13.3. The molecule has 1 fully saturated rings. The van der Waals surface area contributed by atoms with Crippen molar-refractivity contribution in [3.05, 3.63) is 29.3 Å². The average molecular weight is 274 g/mol. The van der Waals surface area contributed by atoms with Gasteiger partial charge in [0.05, 0.1) is 16.3 Å². The fraction of sp³-hybridized carbons (Fsp3) is 0.562. The number of hydrogen-bond acceptors (Lipinski definition) is 3. The Morgan fingerprint density at radius 2 is 2.05 bits per heavy atom. The van der Waals surface area contributed by atoms with Crippen molar-refractivity contribution in [2.75, 3.05) is 6.54 Å². The third kappa shape index (κ3) is 2.82. The van der Waals surface area contributed by atoms with E-state index in [4.69, 9.17) is 4.98 Å². The summed E-state index contributed by atoms with van der Waals surface area (Å²) >= 11 is 1.81. The van der Waals surface area contributed by atoms with Gasteiger partial charge >= 0.3 is 0 Å². The van der Waals surface area contributed by atoms with E-state index in [1.165, 1.54) is 35.4 Å². The minimum atomic E-state index is 0.356. The largest absolute Gasteiger partial charge is 0.308 e. The van der Waals surface area contributed by atoms with E-state index in [-0.39, 0.29) is 0 Å². The Bertz CT molecular complexity index is 522. The molecule has 1 aliphatic rings. The van der Waals surface area contributed by atoms with Crippen LogP contribution in [0.25, 0.3) is 10.2 Å². The van der Waals surface area contributed by atoms with Gasteiger partial charge in [0.25, 0.3) is 0 Å². The predicted molar refractivity (Wildman–Crippen MR) is 82.6 cm³/mol. The first-order valence-electron chi connectivity index (χ1n) is 7.25. The fourth-order valence-electron chi connectivity index (χ4n) is 2.97. The molecular weight excluding hydrogens is 252 g/mol. The standard InChI is InChI=1S/C16H22N2S/c1-12(17-11-16(2)9-5-6-10-16)15-18-13-7-3-4-8-14(13)19-15/h3-4,7-8,12,17H,5-6,9-11H2,1-2H3. The lowest BCUT2D eigenvalue weighted by atomic mass is 9.89. The van der Waals surface area contributed by atoms with Gasteiger partial charge in [-0.2, -0.15) is 0 Å². The first-order valence-corrected chi connectivity index (χ1v) is 8.07. The monoisotopic (exact) mass is 274 g/mol. The van der Waals surface area contributed by atoms with Crippen molar-refractivity contribution < 1.29 is 0 Å². The van der Waals surface area contributed by atoms with Gasteiger partial charge in [-0.3, -0.25) is 0 Å². The molecule has 3 rings (SSSR count). The Kier molecular flexibility index (Phi) is 3.59. The highest BCUT2D eigenvalue weighted by Gasteiger charge is 2.28. The molecule has 3 heteroatoms. The first-order chi connectivity index (χ1) is 9.16. The van der Waals surface area contributed by atoms with E-state index in [9.17, 15) is 0 Å². The van der Waals surface area contributed by atoms with Crippen LogP contribution in [0.1, 0.15) is 50.6 Å². The lowest BCUT2D eigenvalue weighted by Crippen LogP contribution is -2.31. The van der Waals surface area contributed by atoms with Gasteiger partial charge in [0.2, 0.25) is 0 Å². The van der Waals surface area contributed by atoms with Gasteiger partial charge in [-0.05, 0) is 37.3 Å². The van der Waals surface area contributed by atoms with Crippen LogP contribution in [0.2, 0.25) is 0 Å². The van der Waals surface area contributed by atoms with E-state index in [1.54, 1.807) is 0 Å². The molecule has 19 heavy (non-hydrogen) atoms. The minimum Gasteiger partial charge on any atom is -0.308 e. The SMILES string of the molecule is CC(NCC1(C)CCCC1)c1nc2ccccc2s1. The Balaban J connectivity index is 1.68. The van der Waals surface area contributed by atoms with Gasteiger partial charge in [-0.25, -0.2) is 4.98 Å². The number of thiazole rings is 1. The molecule has 1 aromatic carbocycles. The maximum absolute atomic E-state index is 4.74. The second kappa shape index (κ2) is 5.22. The molecule has 102 valence electrons. The maximum atomic E-state index is 4.74. The first kappa shape index (κ1) is 13.1. The highest BCUT2D eigenvalue weighted by molar-refractivity contribution is 7.18. The molecule has 1 saturated carbocycles. The van der Waals surface area contributed by atoms with Gasteiger partial charge in [0.15, 0.2) is 0 Å². The zero-order valence-corrected chi connectivity index (χ0v) is 12.6. The number of para-hydroxylation sites is 1. The van der Waals surface area contributed by atoms with Gasteiger partial charge in [-0.15, -0.1) is 11.3 Å². The van der Waals surface area contributed by atoms with E-state index < -0.39 is 0 Å². The lowest BCUT2D eigenvalue weighted by molar-refractivity contribution is 0.302. The summed E-state index contributed by atoms with van der Waals surface area (Å²) in [5.74, 6) is 0. The molecule has 0 saturated heterocycles. The van der Waals surface area contributed by atoms with Crippen LogP contribution < -0.4 is 5.32 Å². The van der Waals surface area contributed by atoms with Gasteiger partial charge in [0.1, 0.15) is 5.01 Å². The molecule has 2 aromatic rings. The summed E-state index contributed by atoms with van der Waals surface area (Å²) in [5.41, 5.74) is 1.63. The van der Waals surface area contributed by atoms with Gasteiger partial charge in [0, 0.05) is 6.54 Å². The number of nitrogens with one attached hydrogen (secondary N) is 1. The van der Waals surface area contributed by atoms with E-state index in [0.717, 1.165) is 12.1 Å². The van der Waals surface area contributed by atoms with E-state index in [1.807, 2.05) is 11.3 Å². The van der Waals surface area contributed by atoms with Crippen molar-refractivity contribution in [1.82, 2.24) is 10.3 Å². The normalized spacial score (nSPS) is 19.9. The van der Waals surface area contributed by atoms with Crippen molar-refractivity contribution in [3.8, 4) is 0 Å². The van der Waals surface area contributed by atoms with E-state index in [0.29, 0.717) is 11.5 Å². The maximum Gasteiger partial charge on any atom is 0.111 e. The number of rotatable bonds is 4. The molecule has 1 aliphatic carbocycles. The molecule has 0 aliphatic heterocycles. The molecule has 0 radical (unpaired) electrons. The summed E-state index contributed by atoms with van der Waals surface area (Å²) in [5, 5.41) is 4.90. The number of hydrogen-bond donors (Lipinski definition) is 1.